The van der Waals surface area contributed by atoms with Gasteiger partial charge in [-0.05, 0) is 19.1 Å². The molecule has 2 rings (SSSR count). The van der Waals surface area contributed by atoms with Gasteiger partial charge in [0.05, 0.1) is 17.6 Å². The third kappa shape index (κ3) is 2.66. The lowest BCUT2D eigenvalue weighted by atomic mass is 10.3. The summed E-state index contributed by atoms with van der Waals surface area (Å²) in [6, 6.07) is 7.02. The number of carbonyl (C=O) groups excluding carboxylic acids is 1. The Morgan fingerprint density at radius 2 is 2.05 bits per heavy atom. The number of hydrogen-bond donors (Lipinski definition) is 1. The van der Waals surface area contributed by atoms with Gasteiger partial charge in [0, 0.05) is 6.54 Å². The highest BCUT2D eigenvalue weighted by Gasteiger charge is 2.23. The maximum Gasteiger partial charge on any atom is 0.274 e. The summed E-state index contributed by atoms with van der Waals surface area (Å²) >= 11 is 0. The Labute approximate surface area is 111 Å². The van der Waals surface area contributed by atoms with Crippen LogP contribution in [0.3, 0.4) is 0 Å². The summed E-state index contributed by atoms with van der Waals surface area (Å²) in [4.78, 5) is 15.4. The molecular formula is C12H15N3O3S. The first-order chi connectivity index (χ1) is 8.95. The molecule has 1 aromatic heterocycles. The fraction of sp³-hybridized carbons (Fsp3) is 0.333. The van der Waals surface area contributed by atoms with Crippen molar-refractivity contribution >= 4 is 26.8 Å². The van der Waals surface area contributed by atoms with E-state index in [1.165, 1.54) is 11.5 Å². The first-order valence-corrected chi connectivity index (χ1v) is 7.38. The van der Waals surface area contributed by atoms with E-state index in [1.54, 1.807) is 31.2 Å². The van der Waals surface area contributed by atoms with Crippen LogP contribution in [0, 0.1) is 0 Å². The number of sulfonamides is 1. The number of fused-ring (bicyclic) bond motifs is 1. The average molecular weight is 281 g/mol. The molecule has 0 atom stereocenters. The number of Topliss-reactive ketones (excluding diaryl/α,β-unsaturated/α-hetero) is 1. The highest BCUT2D eigenvalue weighted by Crippen LogP contribution is 2.19. The van der Waals surface area contributed by atoms with Crippen molar-refractivity contribution < 1.29 is 13.2 Å². The van der Waals surface area contributed by atoms with Crippen LogP contribution >= 0.6 is 0 Å². The zero-order valence-electron chi connectivity index (χ0n) is 10.8. The summed E-state index contributed by atoms with van der Waals surface area (Å²) in [5.41, 5.74) is 1.19. The number of hydrogen-bond acceptors (Lipinski definition) is 4. The first-order valence-electron chi connectivity index (χ1n) is 5.90. The van der Waals surface area contributed by atoms with Gasteiger partial charge in [0.15, 0.2) is 0 Å². The van der Waals surface area contributed by atoms with E-state index in [2.05, 4.69) is 9.71 Å². The summed E-state index contributed by atoms with van der Waals surface area (Å²) in [6.45, 7) is 3.36. The summed E-state index contributed by atoms with van der Waals surface area (Å²) in [6.07, 6.45) is 0. The SMILES string of the molecule is CCNS(=O)(=O)c1nc2ccccc2n1CC(C)=O. The van der Waals surface area contributed by atoms with E-state index in [9.17, 15) is 13.2 Å². The number of rotatable bonds is 5. The van der Waals surface area contributed by atoms with Gasteiger partial charge in [-0.15, -0.1) is 0 Å². The van der Waals surface area contributed by atoms with Crippen LogP contribution in [0.4, 0.5) is 0 Å². The van der Waals surface area contributed by atoms with E-state index in [0.717, 1.165) is 0 Å². The van der Waals surface area contributed by atoms with Gasteiger partial charge in [0.2, 0.25) is 5.16 Å². The molecule has 0 aliphatic rings. The molecule has 0 amide bonds. The first kappa shape index (κ1) is 13.7. The normalized spacial score (nSPS) is 11.9. The molecule has 6 nitrogen and oxygen atoms in total. The molecule has 0 spiro atoms. The highest BCUT2D eigenvalue weighted by atomic mass is 32.2. The minimum atomic E-state index is -3.70. The number of imidazole rings is 1. The van der Waals surface area contributed by atoms with E-state index in [0.29, 0.717) is 11.0 Å². The van der Waals surface area contributed by atoms with Crippen LogP contribution < -0.4 is 4.72 Å². The molecular weight excluding hydrogens is 266 g/mol. The van der Waals surface area contributed by atoms with Crippen molar-refractivity contribution in [3.63, 3.8) is 0 Å². The van der Waals surface area contributed by atoms with Crippen LogP contribution in [-0.4, -0.2) is 30.3 Å². The zero-order chi connectivity index (χ0) is 14.0. The third-order valence-corrected chi connectivity index (χ3v) is 4.04. The molecule has 1 aromatic carbocycles. The van der Waals surface area contributed by atoms with Crippen molar-refractivity contribution in [2.45, 2.75) is 25.5 Å². The molecule has 102 valence electrons. The van der Waals surface area contributed by atoms with Gasteiger partial charge in [0.1, 0.15) is 5.78 Å². The Balaban J connectivity index is 2.69. The molecule has 0 aliphatic carbocycles. The standard InChI is InChI=1S/C12H15N3O3S/c1-3-13-19(17,18)12-14-10-6-4-5-7-11(10)15(12)8-9(2)16/h4-7,13H,3,8H2,1-2H3. The second-order valence-electron chi connectivity index (χ2n) is 4.17. The van der Waals surface area contributed by atoms with Crippen molar-refractivity contribution in [3.8, 4) is 0 Å². The molecule has 0 saturated carbocycles. The molecule has 1 N–H and O–H groups in total. The molecule has 0 aliphatic heterocycles. The van der Waals surface area contributed by atoms with Crippen LogP contribution in [-0.2, 0) is 21.4 Å². The number of ketones is 1. The second kappa shape index (κ2) is 5.10. The summed E-state index contributed by atoms with van der Waals surface area (Å²) < 4.78 is 28.0. The van der Waals surface area contributed by atoms with Crippen molar-refractivity contribution in [3.05, 3.63) is 24.3 Å². The predicted molar refractivity (Wildman–Crippen MR) is 71.3 cm³/mol. The molecule has 7 heteroatoms. The smallest absolute Gasteiger partial charge is 0.274 e. The number of carbonyl (C=O) groups is 1. The Morgan fingerprint density at radius 3 is 2.68 bits per heavy atom. The van der Waals surface area contributed by atoms with Crippen molar-refractivity contribution in [1.29, 1.82) is 0 Å². The molecule has 19 heavy (non-hydrogen) atoms. The summed E-state index contributed by atoms with van der Waals surface area (Å²) in [5, 5.41) is -0.120. The Hall–Kier alpha value is -1.73. The van der Waals surface area contributed by atoms with Gasteiger partial charge >= 0.3 is 0 Å². The molecule has 0 radical (unpaired) electrons. The van der Waals surface area contributed by atoms with Gasteiger partial charge in [-0.2, -0.15) is 0 Å². The minimum Gasteiger partial charge on any atom is -0.306 e. The average Bonchev–Trinajstić information content (AvgIpc) is 2.68. The Bertz CT molecular complexity index is 719. The van der Waals surface area contributed by atoms with Gasteiger partial charge in [-0.3, -0.25) is 4.79 Å². The maximum absolute atomic E-state index is 12.1. The number of benzene rings is 1. The quantitative estimate of drug-likeness (QED) is 0.883. The maximum atomic E-state index is 12.1. The van der Waals surface area contributed by atoms with Gasteiger partial charge in [0.25, 0.3) is 10.0 Å². The number of nitrogens with one attached hydrogen (secondary N) is 1. The fourth-order valence-corrected chi connectivity index (χ4v) is 3.07. The van der Waals surface area contributed by atoms with Crippen molar-refractivity contribution in [2.75, 3.05) is 6.54 Å². The molecule has 0 saturated heterocycles. The van der Waals surface area contributed by atoms with Gasteiger partial charge < -0.3 is 4.57 Å². The third-order valence-electron chi connectivity index (χ3n) is 2.58. The lowest BCUT2D eigenvalue weighted by Gasteiger charge is -2.07. The monoisotopic (exact) mass is 281 g/mol. The van der Waals surface area contributed by atoms with Crippen molar-refractivity contribution in [1.82, 2.24) is 14.3 Å². The van der Waals surface area contributed by atoms with E-state index in [4.69, 9.17) is 0 Å². The molecule has 1 heterocycles. The van der Waals surface area contributed by atoms with E-state index in [-0.39, 0.29) is 24.0 Å². The summed E-state index contributed by atoms with van der Waals surface area (Å²) in [5.74, 6) is -0.129. The molecule has 2 aromatic rings. The lowest BCUT2D eigenvalue weighted by molar-refractivity contribution is -0.117. The predicted octanol–water partition coefficient (Wildman–Crippen LogP) is 0.923. The van der Waals surface area contributed by atoms with Gasteiger partial charge in [-0.25, -0.2) is 18.1 Å². The van der Waals surface area contributed by atoms with E-state index in [1.807, 2.05) is 0 Å². The minimum absolute atomic E-state index is 0.0134. The lowest BCUT2D eigenvalue weighted by Crippen LogP contribution is -2.27. The van der Waals surface area contributed by atoms with Gasteiger partial charge in [-0.1, -0.05) is 19.1 Å². The van der Waals surface area contributed by atoms with Crippen molar-refractivity contribution in [2.24, 2.45) is 0 Å². The van der Waals surface area contributed by atoms with Crippen LogP contribution in [0.5, 0.6) is 0 Å². The largest absolute Gasteiger partial charge is 0.306 e. The topological polar surface area (TPSA) is 81.1 Å². The van der Waals surface area contributed by atoms with E-state index < -0.39 is 10.0 Å². The molecule has 0 unspecified atom stereocenters. The number of nitrogens with zero attached hydrogens (tertiary/aromatic N) is 2. The highest BCUT2D eigenvalue weighted by molar-refractivity contribution is 7.89. The molecule has 0 fully saturated rings. The summed E-state index contributed by atoms with van der Waals surface area (Å²) in [7, 11) is -3.70. The van der Waals surface area contributed by atoms with E-state index >= 15 is 0 Å². The Morgan fingerprint density at radius 1 is 1.37 bits per heavy atom. The van der Waals surface area contributed by atoms with Crippen LogP contribution in [0.2, 0.25) is 0 Å². The zero-order valence-corrected chi connectivity index (χ0v) is 11.6. The Kier molecular flexibility index (Phi) is 3.68. The van der Waals surface area contributed by atoms with Crippen LogP contribution in [0.15, 0.2) is 29.4 Å². The van der Waals surface area contributed by atoms with Crippen LogP contribution in [0.25, 0.3) is 11.0 Å². The fourth-order valence-electron chi connectivity index (χ4n) is 1.89. The molecule has 0 bridgehead atoms. The number of para-hydroxylation sites is 2. The van der Waals surface area contributed by atoms with Crippen LogP contribution in [0.1, 0.15) is 13.8 Å². The number of aromatic nitrogens is 2. The second-order valence-corrected chi connectivity index (χ2v) is 5.83.